The first-order valence-electron chi connectivity index (χ1n) is 7.64. The van der Waals surface area contributed by atoms with Crippen LogP contribution in [0, 0.1) is 0 Å². The smallest absolute Gasteiger partial charge is 0.329 e. The Balaban J connectivity index is 1.72. The molecule has 0 unspecified atom stereocenters. The molecule has 124 valence electrons. The molecule has 1 heterocycles. The summed E-state index contributed by atoms with van der Waals surface area (Å²) in [7, 11) is 0. The van der Waals surface area contributed by atoms with E-state index in [1.54, 1.807) is 24.3 Å². The molecule has 7 heteroatoms. The summed E-state index contributed by atoms with van der Waals surface area (Å²) >= 11 is 0. The van der Waals surface area contributed by atoms with Crippen LogP contribution in [0.3, 0.4) is 0 Å². The Morgan fingerprint density at radius 2 is 2.13 bits per heavy atom. The molecule has 0 aliphatic carbocycles. The number of carbonyl (C=O) groups is 2. The predicted molar refractivity (Wildman–Crippen MR) is 85.3 cm³/mol. The minimum atomic E-state index is -0.801. The molecule has 0 saturated carbocycles. The van der Waals surface area contributed by atoms with Crippen molar-refractivity contribution in [3.8, 4) is 5.75 Å². The minimum Gasteiger partial charge on any atom is -0.494 e. The quantitative estimate of drug-likeness (QED) is 0.462. The summed E-state index contributed by atoms with van der Waals surface area (Å²) < 4.78 is 10.7. The van der Waals surface area contributed by atoms with Crippen LogP contribution in [0.5, 0.6) is 5.75 Å². The zero-order valence-electron chi connectivity index (χ0n) is 13.1. The fourth-order valence-electron chi connectivity index (χ4n) is 2.13. The summed E-state index contributed by atoms with van der Waals surface area (Å²) in [6, 6.07) is 7.22. The van der Waals surface area contributed by atoms with Gasteiger partial charge in [0, 0.05) is 13.2 Å². The van der Waals surface area contributed by atoms with Gasteiger partial charge in [0.1, 0.15) is 5.75 Å². The molecule has 2 amide bonds. The van der Waals surface area contributed by atoms with Gasteiger partial charge in [-0.1, -0.05) is 0 Å². The zero-order chi connectivity index (χ0) is 16.5. The lowest BCUT2D eigenvalue weighted by Crippen LogP contribution is -2.41. The van der Waals surface area contributed by atoms with Gasteiger partial charge in [0.05, 0.1) is 18.9 Å². The van der Waals surface area contributed by atoms with E-state index in [-0.39, 0.29) is 6.10 Å². The van der Waals surface area contributed by atoms with Crippen molar-refractivity contribution in [1.29, 1.82) is 0 Å². The molecule has 1 aromatic rings. The number of hydrazone groups is 1. The molecule has 0 aromatic heterocycles. The fourth-order valence-corrected chi connectivity index (χ4v) is 2.13. The van der Waals surface area contributed by atoms with Gasteiger partial charge in [0.2, 0.25) is 0 Å². The number of nitrogens with zero attached hydrogens (tertiary/aromatic N) is 1. The number of carbonyl (C=O) groups excluding carboxylic acids is 2. The van der Waals surface area contributed by atoms with Crippen LogP contribution in [0.25, 0.3) is 0 Å². The first kappa shape index (κ1) is 17.0. The lowest BCUT2D eigenvalue weighted by Gasteiger charge is -2.09. The number of benzene rings is 1. The van der Waals surface area contributed by atoms with Gasteiger partial charge in [-0.15, -0.1) is 0 Å². The third-order valence-corrected chi connectivity index (χ3v) is 3.29. The highest BCUT2D eigenvalue weighted by molar-refractivity contribution is 6.35. The monoisotopic (exact) mass is 319 g/mol. The summed E-state index contributed by atoms with van der Waals surface area (Å²) in [6.45, 7) is 3.56. The molecule has 1 aliphatic rings. The minimum absolute atomic E-state index is 0.000828. The maximum absolute atomic E-state index is 11.6. The van der Waals surface area contributed by atoms with Gasteiger partial charge in [-0.05, 0) is 49.6 Å². The molecule has 1 aliphatic heterocycles. The van der Waals surface area contributed by atoms with E-state index in [0.717, 1.165) is 24.2 Å². The molecule has 0 spiro atoms. The number of hydrogen-bond acceptors (Lipinski definition) is 5. The van der Waals surface area contributed by atoms with Gasteiger partial charge < -0.3 is 14.8 Å². The van der Waals surface area contributed by atoms with Gasteiger partial charge in [0.25, 0.3) is 0 Å². The highest BCUT2D eigenvalue weighted by Crippen LogP contribution is 2.11. The highest BCUT2D eigenvalue weighted by Gasteiger charge is 2.18. The van der Waals surface area contributed by atoms with Crippen molar-refractivity contribution < 1.29 is 19.1 Å². The van der Waals surface area contributed by atoms with Crippen molar-refractivity contribution in [3.05, 3.63) is 29.8 Å². The fraction of sp³-hybridized carbons (Fsp3) is 0.438. The lowest BCUT2D eigenvalue weighted by atomic mass is 10.2. The van der Waals surface area contributed by atoms with E-state index in [1.165, 1.54) is 6.21 Å². The van der Waals surface area contributed by atoms with Crippen LogP contribution in [-0.4, -0.2) is 43.9 Å². The molecule has 0 bridgehead atoms. The second-order valence-corrected chi connectivity index (χ2v) is 5.05. The van der Waals surface area contributed by atoms with Crippen molar-refractivity contribution in [2.24, 2.45) is 5.10 Å². The number of rotatable bonds is 6. The third-order valence-electron chi connectivity index (χ3n) is 3.29. The zero-order valence-corrected chi connectivity index (χ0v) is 13.1. The number of nitrogens with one attached hydrogen (secondary N) is 2. The summed E-state index contributed by atoms with van der Waals surface area (Å²) in [4.78, 5) is 23.2. The molecule has 7 nitrogen and oxygen atoms in total. The lowest BCUT2D eigenvalue weighted by molar-refractivity contribution is -0.139. The Morgan fingerprint density at radius 1 is 1.35 bits per heavy atom. The molecule has 2 N–H and O–H groups in total. The van der Waals surface area contributed by atoms with E-state index in [2.05, 4.69) is 15.8 Å². The predicted octanol–water partition coefficient (Wildman–Crippen LogP) is 0.831. The average Bonchev–Trinajstić information content (AvgIpc) is 3.08. The van der Waals surface area contributed by atoms with Crippen molar-refractivity contribution in [3.63, 3.8) is 0 Å². The van der Waals surface area contributed by atoms with Crippen LogP contribution in [0.1, 0.15) is 25.3 Å². The van der Waals surface area contributed by atoms with Gasteiger partial charge >= 0.3 is 11.8 Å². The second-order valence-electron chi connectivity index (χ2n) is 5.05. The molecule has 1 fully saturated rings. The van der Waals surface area contributed by atoms with Crippen LogP contribution in [0.15, 0.2) is 29.4 Å². The van der Waals surface area contributed by atoms with Crippen molar-refractivity contribution in [2.45, 2.75) is 25.9 Å². The Morgan fingerprint density at radius 3 is 2.78 bits per heavy atom. The Bertz CT molecular complexity index is 551. The Kier molecular flexibility index (Phi) is 6.56. The number of amides is 2. The van der Waals surface area contributed by atoms with Gasteiger partial charge in [-0.3, -0.25) is 9.59 Å². The van der Waals surface area contributed by atoms with E-state index >= 15 is 0 Å². The normalized spacial score (nSPS) is 17.2. The number of hydrogen-bond donors (Lipinski definition) is 2. The number of ether oxygens (including phenoxy) is 2. The standard InChI is InChI=1S/C16H21N3O4/c1-2-22-13-7-5-12(6-8-13)10-18-19-16(21)15(20)17-11-14-4-3-9-23-14/h5-8,10,14H,2-4,9,11H2,1H3,(H,17,20)(H,19,21)/b18-10-/t14-/m0/s1. The van der Waals surface area contributed by atoms with Gasteiger partial charge in [0.15, 0.2) is 0 Å². The second kappa shape index (κ2) is 8.89. The van der Waals surface area contributed by atoms with Crippen LogP contribution in [-0.2, 0) is 14.3 Å². The molecular formula is C16H21N3O4. The maximum Gasteiger partial charge on any atom is 0.329 e. The van der Waals surface area contributed by atoms with E-state index in [1.807, 2.05) is 6.92 Å². The molecule has 1 saturated heterocycles. The van der Waals surface area contributed by atoms with Crippen molar-refractivity contribution in [1.82, 2.24) is 10.7 Å². The van der Waals surface area contributed by atoms with Gasteiger partial charge in [-0.2, -0.15) is 5.10 Å². The van der Waals surface area contributed by atoms with Crippen molar-refractivity contribution in [2.75, 3.05) is 19.8 Å². The molecule has 2 rings (SSSR count). The topological polar surface area (TPSA) is 89.0 Å². The molecule has 1 aromatic carbocycles. The molecule has 23 heavy (non-hydrogen) atoms. The van der Waals surface area contributed by atoms with Crippen LogP contribution >= 0.6 is 0 Å². The van der Waals surface area contributed by atoms with Gasteiger partial charge in [-0.25, -0.2) is 5.43 Å². The van der Waals surface area contributed by atoms with E-state index < -0.39 is 11.8 Å². The summed E-state index contributed by atoms with van der Waals surface area (Å²) in [5.74, 6) is -0.753. The maximum atomic E-state index is 11.6. The summed E-state index contributed by atoms with van der Waals surface area (Å²) in [5.41, 5.74) is 2.98. The average molecular weight is 319 g/mol. The first-order chi connectivity index (χ1) is 11.2. The van der Waals surface area contributed by atoms with Crippen LogP contribution in [0.4, 0.5) is 0 Å². The van der Waals surface area contributed by atoms with Crippen molar-refractivity contribution >= 4 is 18.0 Å². The summed E-state index contributed by atoms with van der Waals surface area (Å²) in [5, 5.41) is 6.29. The Labute approximate surface area is 135 Å². The molecule has 1 atom stereocenters. The third kappa shape index (κ3) is 5.71. The Hall–Kier alpha value is -2.41. The van der Waals surface area contributed by atoms with E-state index in [4.69, 9.17) is 9.47 Å². The highest BCUT2D eigenvalue weighted by atomic mass is 16.5. The summed E-state index contributed by atoms with van der Waals surface area (Å²) in [6.07, 6.45) is 3.34. The van der Waals surface area contributed by atoms with E-state index in [0.29, 0.717) is 19.8 Å². The SMILES string of the molecule is CCOc1ccc(/C=N\NC(=O)C(=O)NC[C@@H]2CCCO2)cc1. The first-order valence-corrected chi connectivity index (χ1v) is 7.64. The van der Waals surface area contributed by atoms with Crippen LogP contribution in [0.2, 0.25) is 0 Å². The van der Waals surface area contributed by atoms with E-state index in [9.17, 15) is 9.59 Å². The molecular weight excluding hydrogens is 298 g/mol. The molecule has 0 radical (unpaired) electrons. The van der Waals surface area contributed by atoms with Crippen LogP contribution < -0.4 is 15.5 Å². The largest absolute Gasteiger partial charge is 0.494 e.